The van der Waals surface area contributed by atoms with Gasteiger partial charge in [-0.15, -0.1) is 0 Å². The second-order valence-corrected chi connectivity index (χ2v) is 14.8. The van der Waals surface area contributed by atoms with Crippen LogP contribution in [0.3, 0.4) is 0 Å². The van der Waals surface area contributed by atoms with E-state index < -0.39 is 0 Å². The van der Waals surface area contributed by atoms with Crippen LogP contribution >= 0.6 is 11.6 Å². The number of aromatic nitrogens is 4. The van der Waals surface area contributed by atoms with E-state index in [1.54, 1.807) is 27.5 Å². The molecule has 12 nitrogen and oxygen atoms in total. The van der Waals surface area contributed by atoms with Gasteiger partial charge < -0.3 is 25.0 Å². The van der Waals surface area contributed by atoms with Crippen molar-refractivity contribution in [3.63, 3.8) is 0 Å². The second kappa shape index (κ2) is 13.7. The van der Waals surface area contributed by atoms with Crippen molar-refractivity contribution in [2.75, 3.05) is 52.3 Å². The van der Waals surface area contributed by atoms with Crippen LogP contribution in [0.25, 0.3) is 33.2 Å². The van der Waals surface area contributed by atoms with E-state index in [1.165, 1.54) is 10.2 Å². The van der Waals surface area contributed by atoms with Gasteiger partial charge in [0.15, 0.2) is 0 Å². The van der Waals surface area contributed by atoms with Crippen LogP contribution < -0.4 is 20.9 Å². The fourth-order valence-electron chi connectivity index (χ4n) is 8.41. The molecule has 1 spiro atoms. The molecule has 0 radical (unpaired) electrons. The molecule has 0 unspecified atom stereocenters. The van der Waals surface area contributed by atoms with Gasteiger partial charge in [0.05, 0.1) is 41.6 Å². The number of amides is 2. The third-order valence-electron chi connectivity index (χ3n) is 11.1. The van der Waals surface area contributed by atoms with Crippen molar-refractivity contribution < 1.29 is 14.3 Å². The number of urea groups is 1. The van der Waals surface area contributed by atoms with Crippen LogP contribution in [-0.2, 0) is 18.2 Å². The summed E-state index contributed by atoms with van der Waals surface area (Å²) in [5, 5.41) is 12.7. The van der Waals surface area contributed by atoms with Gasteiger partial charge in [-0.05, 0) is 68.0 Å². The number of carbonyl (C=O) groups excluding carboxylic acids is 1. The highest BCUT2D eigenvalue weighted by Gasteiger charge is 2.49. The third kappa shape index (κ3) is 6.18. The van der Waals surface area contributed by atoms with Gasteiger partial charge in [-0.25, -0.2) is 19.4 Å². The number of methoxy groups -OCH3 is 2. The predicted molar refractivity (Wildman–Crippen MR) is 206 cm³/mol. The minimum Gasteiger partial charge on any atom is -0.481 e. The first-order valence-corrected chi connectivity index (χ1v) is 18.3. The lowest BCUT2D eigenvalue weighted by atomic mass is 9.96. The van der Waals surface area contributed by atoms with E-state index in [0.717, 1.165) is 82.6 Å². The summed E-state index contributed by atoms with van der Waals surface area (Å²) in [7, 11) is 4.97. The van der Waals surface area contributed by atoms with Crippen LogP contribution in [-0.4, -0.2) is 88.1 Å². The Morgan fingerprint density at radius 3 is 2.64 bits per heavy atom. The first-order valence-electron chi connectivity index (χ1n) is 18.0. The average molecular weight is 735 g/mol. The Bertz CT molecular complexity index is 2330. The molecule has 274 valence electrons. The molecule has 5 heterocycles. The molecule has 53 heavy (non-hydrogen) atoms. The van der Waals surface area contributed by atoms with Gasteiger partial charge in [0.1, 0.15) is 5.82 Å². The largest absolute Gasteiger partial charge is 0.481 e. The maximum atomic E-state index is 13.1. The summed E-state index contributed by atoms with van der Waals surface area (Å²) >= 11 is 7.28. The van der Waals surface area contributed by atoms with Crippen molar-refractivity contribution in [3.05, 3.63) is 92.5 Å². The number of pyridine rings is 2. The number of benzene rings is 2. The maximum Gasteiger partial charge on any atom is 0.318 e. The first-order chi connectivity index (χ1) is 25.6. The van der Waals surface area contributed by atoms with Crippen molar-refractivity contribution in [2.45, 2.75) is 44.7 Å². The zero-order chi connectivity index (χ0) is 37.0. The molecular weight excluding hydrogens is 692 g/mol. The van der Waals surface area contributed by atoms with E-state index >= 15 is 0 Å². The number of nitrogens with zero attached hydrogens (tertiary/aromatic N) is 6. The molecule has 2 saturated heterocycles. The van der Waals surface area contributed by atoms with Gasteiger partial charge in [-0.3, -0.25) is 9.69 Å². The number of halogens is 1. The molecule has 0 bridgehead atoms. The normalized spacial score (nSPS) is 19.7. The Hall–Kier alpha value is -5.04. The van der Waals surface area contributed by atoms with Crippen LogP contribution in [0.15, 0.2) is 59.5 Å². The summed E-state index contributed by atoms with van der Waals surface area (Å²) in [6.45, 7) is 7.40. The van der Waals surface area contributed by atoms with Crippen LogP contribution in [0.1, 0.15) is 41.3 Å². The van der Waals surface area contributed by atoms with Gasteiger partial charge in [-0.2, -0.15) is 5.10 Å². The van der Waals surface area contributed by atoms with E-state index in [2.05, 4.69) is 26.7 Å². The number of nitrogens with one attached hydrogen (secondary N) is 2. The zero-order valence-electron chi connectivity index (χ0n) is 30.6. The molecular formula is C40H43ClN8O4. The summed E-state index contributed by atoms with van der Waals surface area (Å²) in [6.07, 6.45) is 4.43. The Morgan fingerprint density at radius 1 is 1.04 bits per heavy atom. The molecule has 13 heteroatoms. The number of hydrogen-bond donors (Lipinski definition) is 2. The van der Waals surface area contributed by atoms with Crippen molar-refractivity contribution in [1.29, 1.82) is 0 Å². The topological polar surface area (TPSA) is 127 Å². The predicted octanol–water partition coefficient (Wildman–Crippen LogP) is 6.18. The lowest BCUT2D eigenvalue weighted by Gasteiger charge is -2.28. The molecule has 2 aliphatic heterocycles. The number of aryl methyl sites for hydroxylation is 3. The van der Waals surface area contributed by atoms with E-state index in [1.807, 2.05) is 61.2 Å². The lowest BCUT2D eigenvalue weighted by Crippen LogP contribution is -2.46. The smallest absolute Gasteiger partial charge is 0.318 e. The number of carbonyl (C=O) groups is 1. The van der Waals surface area contributed by atoms with Crippen LogP contribution in [0.5, 0.6) is 5.88 Å². The molecule has 2 atom stereocenters. The Labute approximate surface area is 313 Å². The molecule has 1 aliphatic carbocycles. The second-order valence-electron chi connectivity index (χ2n) is 14.4. The van der Waals surface area contributed by atoms with Crippen molar-refractivity contribution in [1.82, 2.24) is 34.9 Å². The SMILES string of the molecule is COCCN1C[C@]2(CCN([C@H]3CCc4cc(-c5cccc(-c6cccc(Nc7nc(C)cc8cnn(C)c(=O)c78)c6C)c5Cl)nc(OC)c43)C2)NC1=O. The maximum absolute atomic E-state index is 13.1. The van der Waals surface area contributed by atoms with Gasteiger partial charge in [0.25, 0.3) is 5.56 Å². The van der Waals surface area contributed by atoms with Crippen molar-refractivity contribution >= 4 is 39.9 Å². The minimum absolute atomic E-state index is 0.0151. The quantitative estimate of drug-likeness (QED) is 0.183. The van der Waals surface area contributed by atoms with Crippen LogP contribution in [0.4, 0.5) is 16.3 Å². The summed E-state index contributed by atoms with van der Waals surface area (Å²) in [5.74, 6) is 1.10. The van der Waals surface area contributed by atoms with Gasteiger partial charge in [-0.1, -0.05) is 41.9 Å². The molecule has 3 aliphatic rings. The molecule has 2 amide bonds. The number of anilines is 2. The Kier molecular flexibility index (Phi) is 9.08. The fourth-order valence-corrected chi connectivity index (χ4v) is 8.74. The van der Waals surface area contributed by atoms with Gasteiger partial charge in [0, 0.05) is 79.8 Å². The van der Waals surface area contributed by atoms with E-state index in [-0.39, 0.29) is 23.2 Å². The highest BCUT2D eigenvalue weighted by Crippen LogP contribution is 2.46. The number of hydrogen-bond acceptors (Lipinski definition) is 9. The van der Waals surface area contributed by atoms with E-state index in [9.17, 15) is 9.59 Å². The van der Waals surface area contributed by atoms with Crippen LogP contribution in [0.2, 0.25) is 5.02 Å². The average Bonchev–Trinajstić information content (AvgIpc) is 3.85. The van der Waals surface area contributed by atoms with Gasteiger partial charge >= 0.3 is 6.03 Å². The lowest BCUT2D eigenvalue weighted by molar-refractivity contribution is 0.158. The van der Waals surface area contributed by atoms with Crippen molar-refractivity contribution in [3.8, 4) is 28.3 Å². The highest BCUT2D eigenvalue weighted by atomic mass is 35.5. The summed E-state index contributed by atoms with van der Waals surface area (Å²) in [6, 6.07) is 16.2. The summed E-state index contributed by atoms with van der Waals surface area (Å²) in [4.78, 5) is 40.0. The number of ether oxygens (including phenoxy) is 2. The van der Waals surface area contributed by atoms with Crippen LogP contribution in [0, 0.1) is 13.8 Å². The fraction of sp³-hybridized carbons (Fsp3) is 0.375. The molecule has 8 rings (SSSR count). The monoisotopic (exact) mass is 734 g/mol. The molecule has 2 N–H and O–H groups in total. The minimum atomic E-state index is -0.258. The third-order valence-corrected chi connectivity index (χ3v) is 11.5. The Morgan fingerprint density at radius 2 is 1.83 bits per heavy atom. The molecule has 2 fully saturated rings. The van der Waals surface area contributed by atoms with Crippen molar-refractivity contribution in [2.24, 2.45) is 7.05 Å². The summed E-state index contributed by atoms with van der Waals surface area (Å²) < 4.78 is 12.5. The molecule has 2 aromatic carbocycles. The highest BCUT2D eigenvalue weighted by molar-refractivity contribution is 6.36. The molecule has 0 saturated carbocycles. The molecule has 3 aromatic heterocycles. The standard InChI is InChI=1S/C40H43ClN8O4/c1-23-18-26-20-42-47(3)38(50)34(26)36(43-23)44-30-11-7-8-27(24(30)2)28-9-6-10-29(35(28)41)31-19-25-12-13-32(33(25)37(45-31)53-5)48-15-14-40(21-48)22-49(16-17-52-4)39(51)46-40/h6-11,18-20,32H,12-17,21-22H2,1-5H3,(H,43,44)(H,46,51)/t32-,40+/m0/s1. The number of rotatable bonds is 9. The summed E-state index contributed by atoms with van der Waals surface area (Å²) in [5.41, 5.74) is 7.80. The van der Waals surface area contributed by atoms with Gasteiger partial charge in [0.2, 0.25) is 5.88 Å². The molecule has 5 aromatic rings. The zero-order valence-corrected chi connectivity index (χ0v) is 31.4. The number of likely N-dealkylation sites (tertiary alicyclic amines) is 1. The Balaban J connectivity index is 1.09. The van der Waals surface area contributed by atoms with E-state index in [0.29, 0.717) is 41.8 Å². The number of fused-ring (bicyclic) bond motifs is 2. The van der Waals surface area contributed by atoms with E-state index in [4.69, 9.17) is 31.0 Å². The first kappa shape index (κ1) is 35.0.